The highest BCUT2D eigenvalue weighted by atomic mass is 32.2. The molecule has 18 heavy (non-hydrogen) atoms. The molecule has 0 radical (unpaired) electrons. The molecule has 1 amide bonds. The Balaban J connectivity index is 2.34. The van der Waals surface area contributed by atoms with E-state index in [1.807, 2.05) is 0 Å². The molecule has 2 atom stereocenters. The minimum Gasteiger partial charge on any atom is -0.453 e. The van der Waals surface area contributed by atoms with Crippen molar-refractivity contribution in [2.24, 2.45) is 0 Å². The van der Waals surface area contributed by atoms with E-state index in [1.54, 1.807) is 6.26 Å². The van der Waals surface area contributed by atoms with Crippen molar-refractivity contribution in [2.45, 2.75) is 36.4 Å². The summed E-state index contributed by atoms with van der Waals surface area (Å²) < 4.78 is 28.1. The van der Waals surface area contributed by atoms with Gasteiger partial charge in [-0.05, 0) is 20.1 Å². The fourth-order valence-electron chi connectivity index (χ4n) is 2.41. The van der Waals surface area contributed by atoms with Crippen LogP contribution in [-0.2, 0) is 24.2 Å². The highest BCUT2D eigenvalue weighted by molar-refractivity contribution is 7.98. The largest absolute Gasteiger partial charge is 0.453 e. The standard InChI is InChI=1S/C10H15NO5S2/c1-10(2)8(9(13)16-5-17-3)11-6(12)4-7(11)18(10,14)15/h7-8H,4-5H2,1-3H3/t7-,8+/m1/s1. The number of nitrogens with zero attached hydrogens (tertiary/aromatic N) is 1. The van der Waals surface area contributed by atoms with Crippen molar-refractivity contribution in [2.75, 3.05) is 12.2 Å². The fraction of sp³-hybridized carbons (Fsp3) is 0.800. The van der Waals surface area contributed by atoms with E-state index in [0.717, 1.165) is 4.90 Å². The lowest BCUT2D eigenvalue weighted by atomic mass is 9.98. The van der Waals surface area contributed by atoms with E-state index in [0.29, 0.717) is 0 Å². The zero-order valence-electron chi connectivity index (χ0n) is 10.4. The SMILES string of the molecule is CSCOC(=O)[C@@H]1N2C(=O)C[C@H]2S(=O)(=O)C1(C)C. The smallest absolute Gasteiger partial charge is 0.331 e. The van der Waals surface area contributed by atoms with E-state index in [9.17, 15) is 18.0 Å². The van der Waals surface area contributed by atoms with Gasteiger partial charge in [0.15, 0.2) is 9.84 Å². The van der Waals surface area contributed by atoms with Gasteiger partial charge < -0.3 is 9.64 Å². The average molecular weight is 293 g/mol. The van der Waals surface area contributed by atoms with Gasteiger partial charge >= 0.3 is 5.97 Å². The molecule has 0 bridgehead atoms. The minimum atomic E-state index is -3.52. The number of esters is 1. The Morgan fingerprint density at radius 1 is 1.56 bits per heavy atom. The normalized spacial score (nSPS) is 31.7. The molecule has 6 nitrogen and oxygen atoms in total. The topological polar surface area (TPSA) is 80.8 Å². The number of sulfone groups is 1. The number of rotatable bonds is 3. The molecule has 2 rings (SSSR count). The number of hydrogen-bond acceptors (Lipinski definition) is 6. The molecule has 2 saturated heterocycles. The molecule has 0 spiro atoms. The van der Waals surface area contributed by atoms with Crippen molar-refractivity contribution in [1.29, 1.82) is 0 Å². The van der Waals surface area contributed by atoms with Crippen molar-refractivity contribution in [3.63, 3.8) is 0 Å². The number of thioether (sulfide) groups is 1. The van der Waals surface area contributed by atoms with Crippen LogP contribution in [0.3, 0.4) is 0 Å². The first-order valence-corrected chi connectivity index (χ1v) is 8.39. The van der Waals surface area contributed by atoms with E-state index >= 15 is 0 Å². The fourth-order valence-corrected chi connectivity index (χ4v) is 4.76. The summed E-state index contributed by atoms with van der Waals surface area (Å²) in [7, 11) is -3.52. The summed E-state index contributed by atoms with van der Waals surface area (Å²) in [6.45, 7) is 2.94. The number of amides is 1. The number of carbonyl (C=O) groups is 2. The molecule has 2 fully saturated rings. The molecular weight excluding hydrogens is 278 g/mol. The van der Waals surface area contributed by atoms with Crippen LogP contribution >= 0.6 is 11.8 Å². The van der Waals surface area contributed by atoms with Crippen LogP contribution in [0.5, 0.6) is 0 Å². The van der Waals surface area contributed by atoms with Gasteiger partial charge in [0.1, 0.15) is 17.4 Å². The molecule has 0 unspecified atom stereocenters. The third-order valence-electron chi connectivity index (χ3n) is 3.52. The molecule has 0 N–H and O–H groups in total. The van der Waals surface area contributed by atoms with Gasteiger partial charge in [0.25, 0.3) is 0 Å². The second-order valence-corrected chi connectivity index (χ2v) is 8.38. The van der Waals surface area contributed by atoms with Gasteiger partial charge in [-0.1, -0.05) is 0 Å². The quantitative estimate of drug-likeness (QED) is 0.413. The summed E-state index contributed by atoms with van der Waals surface area (Å²) in [5.74, 6) is -0.799. The molecule has 2 heterocycles. The van der Waals surface area contributed by atoms with Crippen LogP contribution < -0.4 is 0 Å². The molecular formula is C10H15NO5S2. The van der Waals surface area contributed by atoms with E-state index in [4.69, 9.17) is 4.74 Å². The number of ether oxygens (including phenoxy) is 1. The molecule has 0 aromatic heterocycles. The average Bonchev–Trinajstić information content (AvgIpc) is 2.40. The first kappa shape index (κ1) is 13.7. The first-order chi connectivity index (χ1) is 8.25. The summed E-state index contributed by atoms with van der Waals surface area (Å²) >= 11 is 1.31. The van der Waals surface area contributed by atoms with E-state index in [-0.39, 0.29) is 18.3 Å². The predicted molar refractivity (Wildman–Crippen MR) is 66.5 cm³/mol. The van der Waals surface area contributed by atoms with Gasteiger partial charge in [-0.3, -0.25) is 4.79 Å². The van der Waals surface area contributed by atoms with Crippen molar-refractivity contribution in [3.8, 4) is 0 Å². The van der Waals surface area contributed by atoms with Crippen LogP contribution in [0, 0.1) is 0 Å². The van der Waals surface area contributed by atoms with Crippen LogP contribution in [0.25, 0.3) is 0 Å². The highest BCUT2D eigenvalue weighted by Crippen LogP contribution is 2.45. The predicted octanol–water partition coefficient (Wildman–Crippen LogP) is -0.0159. The lowest BCUT2D eigenvalue weighted by Gasteiger charge is -2.36. The Kier molecular flexibility index (Phi) is 3.13. The summed E-state index contributed by atoms with van der Waals surface area (Å²) in [5.41, 5.74) is 0. The Labute approximate surface area is 110 Å². The van der Waals surface area contributed by atoms with Crippen molar-refractivity contribution in [1.82, 2.24) is 4.90 Å². The van der Waals surface area contributed by atoms with Gasteiger partial charge in [-0.15, -0.1) is 11.8 Å². The highest BCUT2D eigenvalue weighted by Gasteiger charge is 2.68. The zero-order chi connectivity index (χ0) is 13.7. The molecule has 0 saturated carbocycles. The molecule has 8 heteroatoms. The second kappa shape index (κ2) is 4.12. The van der Waals surface area contributed by atoms with Crippen molar-refractivity contribution >= 4 is 33.5 Å². The van der Waals surface area contributed by atoms with E-state index in [2.05, 4.69) is 0 Å². The number of hydrogen-bond donors (Lipinski definition) is 0. The third-order valence-corrected chi connectivity index (χ3v) is 6.67. The maximum Gasteiger partial charge on any atom is 0.331 e. The Bertz CT molecular complexity index is 498. The Morgan fingerprint density at radius 2 is 2.17 bits per heavy atom. The maximum atomic E-state index is 12.2. The van der Waals surface area contributed by atoms with Gasteiger partial charge in [-0.25, -0.2) is 13.2 Å². The van der Waals surface area contributed by atoms with Crippen molar-refractivity contribution in [3.05, 3.63) is 0 Å². The summed E-state index contributed by atoms with van der Waals surface area (Å²) in [4.78, 5) is 24.6. The zero-order valence-corrected chi connectivity index (χ0v) is 12.0. The van der Waals surface area contributed by atoms with E-state index in [1.165, 1.54) is 25.6 Å². The lowest BCUT2D eigenvalue weighted by molar-refractivity contribution is -0.159. The molecule has 0 aromatic rings. The number of carbonyl (C=O) groups excluding carboxylic acids is 2. The Morgan fingerprint density at radius 3 is 2.67 bits per heavy atom. The Hall–Kier alpha value is -0.760. The summed E-state index contributed by atoms with van der Waals surface area (Å²) in [6, 6.07) is -1.03. The number of β-lactam (4-membered cyclic amide) rings is 1. The number of fused-ring (bicyclic) bond motifs is 1. The van der Waals surface area contributed by atoms with Crippen LogP contribution in [0.4, 0.5) is 0 Å². The van der Waals surface area contributed by atoms with Crippen LogP contribution in [0.1, 0.15) is 20.3 Å². The monoisotopic (exact) mass is 293 g/mol. The first-order valence-electron chi connectivity index (χ1n) is 5.45. The second-order valence-electron chi connectivity index (χ2n) is 4.88. The van der Waals surface area contributed by atoms with Gasteiger partial charge in [0, 0.05) is 0 Å². The minimum absolute atomic E-state index is 0.0297. The van der Waals surface area contributed by atoms with Crippen LogP contribution in [0.15, 0.2) is 0 Å². The molecule has 2 aliphatic heterocycles. The lowest BCUT2D eigenvalue weighted by Crippen LogP contribution is -2.57. The van der Waals surface area contributed by atoms with Gasteiger partial charge in [-0.2, -0.15) is 0 Å². The van der Waals surface area contributed by atoms with E-state index < -0.39 is 32.0 Å². The maximum absolute atomic E-state index is 12.2. The summed E-state index contributed by atoms with van der Waals surface area (Å²) in [6.07, 6.45) is 1.74. The molecule has 102 valence electrons. The third kappa shape index (κ3) is 1.58. The van der Waals surface area contributed by atoms with Gasteiger partial charge in [0.2, 0.25) is 5.91 Å². The van der Waals surface area contributed by atoms with Crippen molar-refractivity contribution < 1.29 is 22.7 Å². The molecule has 2 aliphatic rings. The summed E-state index contributed by atoms with van der Waals surface area (Å²) in [5, 5.41) is -0.855. The molecule has 0 aromatic carbocycles. The van der Waals surface area contributed by atoms with Gasteiger partial charge in [0.05, 0.1) is 11.2 Å². The van der Waals surface area contributed by atoms with Crippen LogP contribution in [0.2, 0.25) is 0 Å². The molecule has 0 aliphatic carbocycles. The van der Waals surface area contributed by atoms with Crippen LogP contribution in [-0.4, -0.2) is 53.6 Å².